The second-order valence-electron chi connectivity index (χ2n) is 9.30. The van der Waals surface area contributed by atoms with Crippen molar-refractivity contribution in [2.45, 2.75) is 19.9 Å². The molecule has 1 amide bonds. The molecule has 0 fully saturated rings. The molecular formula is C30H29N5O6. The van der Waals surface area contributed by atoms with Gasteiger partial charge < -0.3 is 29.9 Å². The number of fused-ring (bicyclic) bond motifs is 1. The Morgan fingerprint density at radius 2 is 1.83 bits per heavy atom. The fraction of sp³-hybridized carbons (Fsp3) is 0.200. The summed E-state index contributed by atoms with van der Waals surface area (Å²) in [4.78, 5) is 49.5. The number of rotatable bonds is 8. The molecule has 1 aliphatic heterocycles. The van der Waals surface area contributed by atoms with Crippen molar-refractivity contribution in [1.29, 1.82) is 0 Å². The van der Waals surface area contributed by atoms with E-state index in [1.54, 1.807) is 56.3 Å². The van der Waals surface area contributed by atoms with Gasteiger partial charge in [0.15, 0.2) is 11.5 Å². The summed E-state index contributed by atoms with van der Waals surface area (Å²) in [7, 11) is 3.04. The van der Waals surface area contributed by atoms with Gasteiger partial charge in [-0.2, -0.15) is 0 Å². The van der Waals surface area contributed by atoms with Crippen molar-refractivity contribution in [3.05, 3.63) is 104 Å². The average Bonchev–Trinajstić information content (AvgIpc) is 3.56. The van der Waals surface area contributed by atoms with Gasteiger partial charge in [0, 0.05) is 17.0 Å². The van der Waals surface area contributed by atoms with Gasteiger partial charge in [0.25, 0.3) is 5.56 Å². The number of nitrogens with two attached hydrogens (primary N) is 1. The number of nitrogens with zero attached hydrogens (tertiary/aromatic N) is 2. The minimum atomic E-state index is -0.831. The van der Waals surface area contributed by atoms with E-state index in [-0.39, 0.29) is 28.7 Å². The standard InChI is InChI=1S/C30H29N5O6/c1-5-41-29(38)25-16(2)32-30-34-22(15-20-10-11-21(33-20)17-7-6-8-19(13-17)27(31)36)28(37)35(30)26(25)18-9-12-23(39-3)24(14-18)40-4/h6-15,26,33H,5H2,1-4H3,(H2,31,36)(H,32,34). The fourth-order valence-electron chi connectivity index (χ4n) is 4.89. The zero-order valence-electron chi connectivity index (χ0n) is 23.0. The van der Waals surface area contributed by atoms with Gasteiger partial charge in [0.2, 0.25) is 11.5 Å². The lowest BCUT2D eigenvalue weighted by Crippen LogP contribution is -2.40. The molecule has 11 heteroatoms. The number of methoxy groups -OCH3 is 2. The Balaban J connectivity index is 1.64. The lowest BCUT2D eigenvalue weighted by molar-refractivity contribution is -0.139. The van der Waals surface area contributed by atoms with Gasteiger partial charge in [-0.3, -0.25) is 14.2 Å². The molecule has 210 valence electrons. The Morgan fingerprint density at radius 1 is 1.05 bits per heavy atom. The molecule has 0 radical (unpaired) electrons. The van der Waals surface area contributed by atoms with E-state index in [0.717, 1.165) is 11.3 Å². The third kappa shape index (κ3) is 5.05. The molecule has 1 aliphatic rings. The number of imidazole rings is 1. The van der Waals surface area contributed by atoms with Crippen LogP contribution in [0.1, 0.15) is 41.5 Å². The highest BCUT2D eigenvalue weighted by molar-refractivity contribution is 5.94. The van der Waals surface area contributed by atoms with Crippen LogP contribution in [0.5, 0.6) is 11.5 Å². The molecule has 5 rings (SSSR count). The van der Waals surface area contributed by atoms with Gasteiger partial charge in [-0.25, -0.2) is 9.79 Å². The smallest absolute Gasteiger partial charge is 0.338 e. The number of hydrogen-bond donors (Lipinski definition) is 3. The quantitative estimate of drug-likeness (QED) is 0.283. The predicted octanol–water partition coefficient (Wildman–Crippen LogP) is 2.18. The Labute approximate surface area is 234 Å². The Bertz CT molecular complexity index is 1880. The number of aromatic amines is 2. The Kier molecular flexibility index (Phi) is 7.34. The van der Waals surface area contributed by atoms with Crippen molar-refractivity contribution in [2.75, 3.05) is 20.8 Å². The SMILES string of the molecule is CCOC(=O)C1=C(C)N=c2[nH]c(=Cc3ccc(-c4cccc(C(N)=O)c4)[nH]3)c(=O)n2C1c1ccc(OC)c(OC)c1. The first-order valence-electron chi connectivity index (χ1n) is 12.9. The zero-order chi connectivity index (χ0) is 29.3. The second-order valence-corrected chi connectivity index (χ2v) is 9.30. The molecular weight excluding hydrogens is 526 g/mol. The van der Waals surface area contributed by atoms with E-state index in [2.05, 4.69) is 15.0 Å². The van der Waals surface area contributed by atoms with Gasteiger partial charge in [0.1, 0.15) is 5.35 Å². The molecule has 1 atom stereocenters. The van der Waals surface area contributed by atoms with E-state index < -0.39 is 17.9 Å². The molecule has 41 heavy (non-hydrogen) atoms. The van der Waals surface area contributed by atoms with Gasteiger partial charge in [-0.15, -0.1) is 0 Å². The molecule has 0 bridgehead atoms. The highest BCUT2D eigenvalue weighted by Gasteiger charge is 2.33. The molecule has 0 aliphatic carbocycles. The van der Waals surface area contributed by atoms with E-state index >= 15 is 0 Å². The number of carbonyl (C=O) groups is 2. The number of esters is 1. The maximum absolute atomic E-state index is 13.9. The van der Waals surface area contributed by atoms with E-state index in [9.17, 15) is 14.4 Å². The Hall–Kier alpha value is -5.32. The van der Waals surface area contributed by atoms with Crippen LogP contribution >= 0.6 is 0 Å². The van der Waals surface area contributed by atoms with Crippen LogP contribution in [0.3, 0.4) is 0 Å². The molecule has 0 saturated heterocycles. The number of hydrogen-bond acceptors (Lipinski definition) is 7. The number of benzene rings is 2. The fourth-order valence-corrected chi connectivity index (χ4v) is 4.89. The third-order valence-electron chi connectivity index (χ3n) is 6.80. The third-order valence-corrected chi connectivity index (χ3v) is 6.80. The van der Waals surface area contributed by atoms with Crippen LogP contribution in [-0.4, -0.2) is 47.2 Å². The highest BCUT2D eigenvalue weighted by Crippen LogP contribution is 2.35. The zero-order valence-corrected chi connectivity index (χ0v) is 23.0. The van der Waals surface area contributed by atoms with E-state index in [0.29, 0.717) is 34.0 Å². The first kappa shape index (κ1) is 27.3. The molecule has 2 aromatic carbocycles. The van der Waals surface area contributed by atoms with Crippen molar-refractivity contribution < 1.29 is 23.8 Å². The minimum Gasteiger partial charge on any atom is -0.493 e. The number of nitrogens with one attached hydrogen (secondary N) is 2. The number of H-pyrrole nitrogens is 2. The van der Waals surface area contributed by atoms with Crippen molar-refractivity contribution in [3.8, 4) is 22.8 Å². The highest BCUT2D eigenvalue weighted by atomic mass is 16.5. The predicted molar refractivity (Wildman–Crippen MR) is 151 cm³/mol. The number of ether oxygens (including phenoxy) is 3. The molecule has 4 N–H and O–H groups in total. The van der Waals surface area contributed by atoms with Crippen molar-refractivity contribution in [1.82, 2.24) is 14.5 Å². The van der Waals surface area contributed by atoms with E-state index in [4.69, 9.17) is 19.9 Å². The monoisotopic (exact) mass is 555 g/mol. The van der Waals surface area contributed by atoms with Gasteiger partial charge in [-0.05, 0) is 67.4 Å². The van der Waals surface area contributed by atoms with Crippen molar-refractivity contribution in [3.63, 3.8) is 0 Å². The van der Waals surface area contributed by atoms with Crippen LogP contribution in [0.4, 0.5) is 0 Å². The summed E-state index contributed by atoms with van der Waals surface area (Å²) in [5.41, 5.74) is 9.14. The molecule has 0 saturated carbocycles. The minimum absolute atomic E-state index is 0.166. The topological polar surface area (TPSA) is 154 Å². The summed E-state index contributed by atoms with van der Waals surface area (Å²) < 4.78 is 17.6. The van der Waals surface area contributed by atoms with Gasteiger partial charge >= 0.3 is 5.97 Å². The van der Waals surface area contributed by atoms with E-state index in [1.807, 2.05) is 18.2 Å². The van der Waals surface area contributed by atoms with E-state index in [1.165, 1.54) is 18.8 Å². The summed E-state index contributed by atoms with van der Waals surface area (Å²) >= 11 is 0. The van der Waals surface area contributed by atoms with Crippen LogP contribution < -0.4 is 31.7 Å². The largest absolute Gasteiger partial charge is 0.493 e. The number of allylic oxidation sites excluding steroid dienone is 1. The summed E-state index contributed by atoms with van der Waals surface area (Å²) in [6.07, 6.45) is 1.66. The Morgan fingerprint density at radius 3 is 2.54 bits per heavy atom. The lowest BCUT2D eigenvalue weighted by atomic mass is 9.95. The van der Waals surface area contributed by atoms with Crippen LogP contribution in [0, 0.1) is 0 Å². The molecule has 4 aromatic rings. The second kappa shape index (κ2) is 11.0. The molecule has 3 heterocycles. The molecule has 11 nitrogen and oxygen atoms in total. The molecule has 1 unspecified atom stereocenters. The van der Waals surface area contributed by atoms with Gasteiger partial charge in [0.05, 0.1) is 38.1 Å². The maximum Gasteiger partial charge on any atom is 0.338 e. The summed E-state index contributed by atoms with van der Waals surface area (Å²) in [5, 5.41) is 0.256. The first-order chi connectivity index (χ1) is 19.7. The lowest BCUT2D eigenvalue weighted by Gasteiger charge is -2.25. The maximum atomic E-state index is 13.9. The van der Waals surface area contributed by atoms with Crippen LogP contribution in [0.15, 0.2) is 75.7 Å². The molecule has 0 spiro atoms. The van der Waals surface area contributed by atoms with Crippen molar-refractivity contribution in [2.24, 2.45) is 10.7 Å². The van der Waals surface area contributed by atoms with Crippen molar-refractivity contribution >= 4 is 18.0 Å². The van der Waals surface area contributed by atoms with Crippen LogP contribution in [0.25, 0.3) is 17.3 Å². The number of amides is 1. The van der Waals surface area contributed by atoms with Crippen LogP contribution in [0.2, 0.25) is 0 Å². The first-order valence-corrected chi connectivity index (χ1v) is 12.9. The normalized spacial score (nSPS) is 14.8. The van der Waals surface area contributed by atoms with Crippen LogP contribution in [-0.2, 0) is 9.53 Å². The summed E-state index contributed by atoms with van der Waals surface area (Å²) in [6.45, 7) is 3.59. The van der Waals surface area contributed by atoms with Gasteiger partial charge in [-0.1, -0.05) is 18.2 Å². The number of aromatic nitrogens is 3. The summed E-state index contributed by atoms with van der Waals surface area (Å²) in [5.74, 6) is -0.126. The number of carbonyl (C=O) groups excluding carboxylic acids is 2. The summed E-state index contributed by atoms with van der Waals surface area (Å²) in [6, 6.07) is 15.0. The average molecular weight is 556 g/mol. The molecule has 2 aromatic heterocycles. The number of primary amides is 1.